The van der Waals surface area contributed by atoms with Crippen molar-refractivity contribution in [2.75, 3.05) is 6.61 Å². The number of hydrogen-bond donors (Lipinski definition) is 4. The summed E-state index contributed by atoms with van der Waals surface area (Å²) in [4.78, 5) is 40.6. The number of carbonyl (C=O) groups excluding carboxylic acids is 3. The second kappa shape index (κ2) is 10.4. The molecule has 1 saturated carbocycles. The van der Waals surface area contributed by atoms with Crippen LogP contribution < -0.4 is 10.6 Å². The van der Waals surface area contributed by atoms with Crippen molar-refractivity contribution in [3.05, 3.63) is 29.3 Å². The van der Waals surface area contributed by atoms with E-state index in [-0.39, 0.29) is 29.3 Å². The van der Waals surface area contributed by atoms with Crippen molar-refractivity contribution >= 4 is 17.9 Å². The molecule has 0 radical (unpaired) electrons. The Balaban J connectivity index is 2.48. The molecule has 1 fully saturated rings. The Morgan fingerprint density at radius 3 is 2.30 bits per heavy atom. The molecular formula is C24H37N3O6. The van der Waals surface area contributed by atoms with Crippen molar-refractivity contribution in [1.82, 2.24) is 15.5 Å². The van der Waals surface area contributed by atoms with Crippen molar-refractivity contribution in [3.63, 3.8) is 0 Å². The van der Waals surface area contributed by atoms with Crippen molar-refractivity contribution in [3.8, 4) is 5.75 Å². The number of rotatable bonds is 8. The van der Waals surface area contributed by atoms with Crippen molar-refractivity contribution < 1.29 is 29.3 Å². The molecule has 2 rings (SSSR count). The summed E-state index contributed by atoms with van der Waals surface area (Å²) < 4.78 is 5.23. The molecule has 0 spiro atoms. The van der Waals surface area contributed by atoms with Crippen LogP contribution in [-0.4, -0.2) is 63.4 Å². The molecule has 9 heteroatoms. The Morgan fingerprint density at radius 2 is 1.82 bits per heavy atom. The van der Waals surface area contributed by atoms with Crippen LogP contribution >= 0.6 is 0 Å². The highest BCUT2D eigenvalue weighted by Gasteiger charge is 2.48. The van der Waals surface area contributed by atoms with Crippen LogP contribution in [-0.2, 0) is 14.3 Å². The number of aliphatic hydroxyl groups is 1. The van der Waals surface area contributed by atoms with E-state index in [2.05, 4.69) is 10.6 Å². The van der Waals surface area contributed by atoms with Gasteiger partial charge in [0, 0.05) is 17.6 Å². The second-order valence-electron chi connectivity index (χ2n) is 9.99. The number of ether oxygens (including phenoxy) is 1. The quantitative estimate of drug-likeness (QED) is 0.469. The molecule has 4 unspecified atom stereocenters. The van der Waals surface area contributed by atoms with Crippen LogP contribution in [0.4, 0.5) is 4.79 Å². The summed E-state index contributed by atoms with van der Waals surface area (Å²) in [5.41, 5.74) is 0.0662. The lowest BCUT2D eigenvalue weighted by Crippen LogP contribution is -2.55. The lowest BCUT2D eigenvalue weighted by Gasteiger charge is -2.35. The fourth-order valence-electron chi connectivity index (χ4n) is 3.67. The number of aromatic hydroxyl groups is 1. The highest BCUT2D eigenvalue weighted by Crippen LogP contribution is 2.42. The van der Waals surface area contributed by atoms with Gasteiger partial charge < -0.3 is 30.5 Å². The van der Waals surface area contributed by atoms with Crippen molar-refractivity contribution in [2.24, 2.45) is 5.92 Å². The SMILES string of the molecule is Cc1cccc(C(C(=O)NC(C)C)N(C(=O)C(CO)NC(=O)OC(C)(C)C)C2CC2C)c1O. The van der Waals surface area contributed by atoms with Crippen LogP contribution in [0.1, 0.15) is 65.1 Å². The number of benzene rings is 1. The van der Waals surface area contributed by atoms with E-state index in [4.69, 9.17) is 4.74 Å². The Bertz CT molecular complexity index is 879. The van der Waals surface area contributed by atoms with E-state index in [1.807, 2.05) is 6.92 Å². The maximum atomic E-state index is 13.6. The van der Waals surface area contributed by atoms with Crippen LogP contribution in [0.2, 0.25) is 0 Å². The van der Waals surface area contributed by atoms with E-state index in [0.29, 0.717) is 12.0 Å². The molecule has 4 atom stereocenters. The molecule has 1 aromatic rings. The maximum Gasteiger partial charge on any atom is 0.408 e. The number of alkyl carbamates (subject to hydrolysis) is 1. The molecule has 3 amide bonds. The number of amides is 3. The Labute approximate surface area is 195 Å². The van der Waals surface area contributed by atoms with E-state index < -0.39 is 42.2 Å². The normalized spacial score (nSPS) is 19.4. The van der Waals surface area contributed by atoms with Crippen LogP contribution in [0.25, 0.3) is 0 Å². The molecule has 9 nitrogen and oxygen atoms in total. The topological polar surface area (TPSA) is 128 Å². The zero-order chi connectivity index (χ0) is 25.1. The van der Waals surface area contributed by atoms with Gasteiger partial charge in [0.2, 0.25) is 11.8 Å². The molecule has 4 N–H and O–H groups in total. The van der Waals surface area contributed by atoms with E-state index >= 15 is 0 Å². The van der Waals surface area contributed by atoms with E-state index in [1.54, 1.807) is 59.7 Å². The number of aliphatic hydroxyl groups excluding tert-OH is 1. The average molecular weight is 464 g/mol. The fourth-order valence-corrected chi connectivity index (χ4v) is 3.67. The van der Waals surface area contributed by atoms with Gasteiger partial charge in [0.1, 0.15) is 23.4 Å². The maximum absolute atomic E-state index is 13.6. The molecule has 184 valence electrons. The third-order valence-corrected chi connectivity index (χ3v) is 5.37. The summed E-state index contributed by atoms with van der Waals surface area (Å²) >= 11 is 0. The average Bonchev–Trinajstić information content (AvgIpc) is 3.40. The highest BCUT2D eigenvalue weighted by atomic mass is 16.6. The molecule has 0 aliphatic heterocycles. The van der Waals surface area contributed by atoms with Crippen molar-refractivity contribution in [2.45, 2.75) is 84.7 Å². The van der Waals surface area contributed by atoms with Crippen LogP contribution in [0.5, 0.6) is 5.75 Å². The third kappa shape index (κ3) is 6.83. The predicted molar refractivity (Wildman–Crippen MR) is 124 cm³/mol. The number of nitrogens with one attached hydrogen (secondary N) is 2. The molecule has 1 aliphatic carbocycles. The van der Waals surface area contributed by atoms with Gasteiger partial charge in [0.05, 0.1) is 6.61 Å². The molecule has 1 aromatic carbocycles. The highest BCUT2D eigenvalue weighted by molar-refractivity contribution is 5.93. The summed E-state index contributed by atoms with van der Waals surface area (Å²) in [5, 5.41) is 25.9. The smallest absolute Gasteiger partial charge is 0.408 e. The largest absolute Gasteiger partial charge is 0.507 e. The summed E-state index contributed by atoms with van der Waals surface area (Å²) in [7, 11) is 0. The number of nitrogens with zero attached hydrogens (tertiary/aromatic N) is 1. The van der Waals surface area contributed by atoms with E-state index in [9.17, 15) is 24.6 Å². The molecule has 1 aliphatic rings. The first-order chi connectivity index (χ1) is 15.3. The first-order valence-electron chi connectivity index (χ1n) is 11.3. The molecule has 0 aromatic heterocycles. The lowest BCUT2D eigenvalue weighted by molar-refractivity contribution is -0.144. The summed E-state index contributed by atoms with van der Waals surface area (Å²) in [6.07, 6.45) is -0.186. The molecular weight excluding hydrogens is 426 g/mol. The minimum Gasteiger partial charge on any atom is -0.507 e. The Kier molecular flexibility index (Phi) is 8.35. The second-order valence-corrected chi connectivity index (χ2v) is 9.99. The predicted octanol–water partition coefficient (Wildman–Crippen LogP) is 2.39. The number of carbonyl (C=O) groups is 3. The molecule has 33 heavy (non-hydrogen) atoms. The first kappa shape index (κ1) is 26.4. The first-order valence-corrected chi connectivity index (χ1v) is 11.3. The van der Waals surface area contributed by atoms with Gasteiger partial charge in [-0.25, -0.2) is 4.79 Å². The van der Waals surface area contributed by atoms with Crippen LogP contribution in [0.15, 0.2) is 18.2 Å². The van der Waals surface area contributed by atoms with Gasteiger partial charge in [-0.3, -0.25) is 9.59 Å². The van der Waals surface area contributed by atoms with Gasteiger partial charge in [0.25, 0.3) is 0 Å². The molecule has 0 bridgehead atoms. The van der Waals surface area contributed by atoms with Gasteiger partial charge in [0.15, 0.2) is 0 Å². The monoisotopic (exact) mass is 463 g/mol. The van der Waals surface area contributed by atoms with E-state index in [0.717, 1.165) is 0 Å². The van der Waals surface area contributed by atoms with Crippen LogP contribution in [0, 0.1) is 12.8 Å². The standard InChI is InChI=1S/C24H37N3O6/c1-13(2)25-21(30)19(16-10-8-9-14(3)20(16)29)27(18-11-15(18)4)22(31)17(12-28)26-23(32)33-24(5,6)7/h8-10,13,15,17-19,28-29H,11-12H2,1-7H3,(H,25,30)(H,26,32). The number of phenols is 1. The van der Waals surface area contributed by atoms with Crippen molar-refractivity contribution in [1.29, 1.82) is 0 Å². The molecule has 0 heterocycles. The zero-order valence-corrected chi connectivity index (χ0v) is 20.5. The van der Waals surface area contributed by atoms with Gasteiger partial charge in [-0.15, -0.1) is 0 Å². The number of hydrogen-bond acceptors (Lipinski definition) is 6. The number of aryl methyl sites for hydroxylation is 1. The van der Waals surface area contributed by atoms with Gasteiger partial charge in [-0.05, 0) is 59.4 Å². The third-order valence-electron chi connectivity index (χ3n) is 5.37. The molecule has 0 saturated heterocycles. The minimum absolute atomic E-state index is 0.0758. The van der Waals surface area contributed by atoms with E-state index in [1.165, 1.54) is 4.90 Å². The van der Waals surface area contributed by atoms with Crippen LogP contribution in [0.3, 0.4) is 0 Å². The number of phenolic OH excluding ortho intramolecular Hbond substituents is 1. The van der Waals surface area contributed by atoms with Gasteiger partial charge >= 0.3 is 6.09 Å². The minimum atomic E-state index is -1.31. The van der Waals surface area contributed by atoms with Gasteiger partial charge in [-0.1, -0.05) is 25.1 Å². The lowest BCUT2D eigenvalue weighted by atomic mass is 9.98. The summed E-state index contributed by atoms with van der Waals surface area (Å²) in [6.45, 7) is 11.7. The fraction of sp³-hybridized carbons (Fsp3) is 0.625. The zero-order valence-electron chi connectivity index (χ0n) is 20.5. The summed E-state index contributed by atoms with van der Waals surface area (Å²) in [6, 6.07) is 2.10. The Hall–Kier alpha value is -2.81. The Morgan fingerprint density at radius 1 is 1.21 bits per heavy atom. The van der Waals surface area contributed by atoms with Gasteiger partial charge in [-0.2, -0.15) is 0 Å². The number of para-hydroxylation sites is 1. The summed E-state index contributed by atoms with van der Waals surface area (Å²) in [5.74, 6) is -1.03.